The van der Waals surface area contributed by atoms with E-state index in [0.717, 1.165) is 37.8 Å². The third-order valence-corrected chi connectivity index (χ3v) is 5.96. The van der Waals surface area contributed by atoms with Crippen LogP contribution in [0.4, 0.5) is 29.3 Å². The molecule has 13 heteroatoms. The van der Waals surface area contributed by atoms with Crippen LogP contribution in [0.2, 0.25) is 0 Å². The summed E-state index contributed by atoms with van der Waals surface area (Å²) in [5.74, 6) is -1.99. The third kappa shape index (κ3) is 6.58. The van der Waals surface area contributed by atoms with Crippen LogP contribution in [0.15, 0.2) is 18.2 Å². The molecular formula is C21H25F3N4O6. The second-order valence-electron chi connectivity index (χ2n) is 8.33. The zero-order valence-electron chi connectivity index (χ0n) is 18.2. The van der Waals surface area contributed by atoms with Crippen molar-refractivity contribution in [2.75, 3.05) is 24.6 Å². The predicted octanol–water partition coefficient (Wildman–Crippen LogP) is 3.14. The maximum atomic E-state index is 12.9. The monoisotopic (exact) mass is 486 g/mol. The topological polar surface area (TPSA) is 131 Å². The lowest BCUT2D eigenvalue weighted by molar-refractivity contribution is -0.384. The van der Waals surface area contributed by atoms with Crippen molar-refractivity contribution in [1.29, 1.82) is 0 Å². The van der Waals surface area contributed by atoms with Gasteiger partial charge in [0.25, 0.3) is 11.6 Å². The molecule has 0 aromatic heterocycles. The normalized spacial score (nSPS) is 17.3. The average Bonchev–Trinajstić information content (AvgIpc) is 3.29. The van der Waals surface area contributed by atoms with Crippen LogP contribution in [0.3, 0.4) is 0 Å². The summed E-state index contributed by atoms with van der Waals surface area (Å²) in [6.07, 6.45) is -0.496. The predicted molar refractivity (Wildman–Crippen MR) is 113 cm³/mol. The number of hydrogen-bond donors (Lipinski definition) is 2. The van der Waals surface area contributed by atoms with Crippen molar-refractivity contribution < 1.29 is 37.2 Å². The van der Waals surface area contributed by atoms with Crippen molar-refractivity contribution in [3.8, 4) is 0 Å². The number of ether oxygens (including phenoxy) is 1. The van der Waals surface area contributed by atoms with E-state index < -0.39 is 52.8 Å². The van der Waals surface area contributed by atoms with Crippen LogP contribution in [-0.2, 0) is 20.5 Å². The van der Waals surface area contributed by atoms with E-state index in [9.17, 15) is 37.7 Å². The van der Waals surface area contributed by atoms with E-state index in [2.05, 4.69) is 10.6 Å². The van der Waals surface area contributed by atoms with Gasteiger partial charge < -0.3 is 15.0 Å². The van der Waals surface area contributed by atoms with Crippen LogP contribution >= 0.6 is 0 Å². The number of nitrogens with one attached hydrogen (secondary N) is 2. The van der Waals surface area contributed by atoms with E-state index in [1.165, 1.54) is 0 Å². The van der Waals surface area contributed by atoms with Crippen LogP contribution in [0.1, 0.15) is 44.1 Å². The number of urea groups is 1. The number of rotatable bonds is 6. The fourth-order valence-electron chi connectivity index (χ4n) is 4.18. The second kappa shape index (κ2) is 10.7. The summed E-state index contributed by atoms with van der Waals surface area (Å²) in [6.45, 7) is -0.258. The molecular weight excluding hydrogens is 461 g/mol. The SMILES string of the molecule is O=C(COC(=O)C1CCN(c2ccc(C(F)(F)F)cc2[N+](=O)[O-])CC1)NC(=O)NC1CCCC1. The molecule has 10 nitrogen and oxygen atoms in total. The summed E-state index contributed by atoms with van der Waals surface area (Å²) in [4.78, 5) is 47.9. The summed E-state index contributed by atoms with van der Waals surface area (Å²) >= 11 is 0. The van der Waals surface area contributed by atoms with Crippen molar-refractivity contribution in [3.05, 3.63) is 33.9 Å². The van der Waals surface area contributed by atoms with Gasteiger partial charge >= 0.3 is 18.2 Å². The van der Waals surface area contributed by atoms with Gasteiger partial charge in [-0.1, -0.05) is 12.8 Å². The molecule has 1 heterocycles. The third-order valence-electron chi connectivity index (χ3n) is 5.96. The van der Waals surface area contributed by atoms with Gasteiger partial charge in [0.1, 0.15) is 5.69 Å². The maximum absolute atomic E-state index is 12.9. The zero-order chi connectivity index (χ0) is 24.9. The lowest BCUT2D eigenvalue weighted by Gasteiger charge is -2.32. The van der Waals surface area contributed by atoms with Crippen molar-refractivity contribution in [1.82, 2.24) is 10.6 Å². The Kier molecular flexibility index (Phi) is 7.94. The number of benzene rings is 1. The molecule has 1 aliphatic carbocycles. The number of anilines is 1. The Hall–Kier alpha value is -3.38. The highest BCUT2D eigenvalue weighted by molar-refractivity contribution is 5.95. The van der Waals surface area contributed by atoms with Crippen LogP contribution < -0.4 is 15.5 Å². The summed E-state index contributed by atoms with van der Waals surface area (Å²) in [7, 11) is 0. The number of halogens is 3. The fraction of sp³-hybridized carbons (Fsp3) is 0.571. The Labute approximate surface area is 193 Å². The molecule has 3 rings (SSSR count). The number of nitro groups is 1. The first kappa shape index (κ1) is 25.2. The van der Waals surface area contributed by atoms with E-state index >= 15 is 0 Å². The van der Waals surface area contributed by atoms with Crippen LogP contribution in [0, 0.1) is 16.0 Å². The number of carbonyl (C=O) groups is 3. The minimum Gasteiger partial charge on any atom is -0.455 e. The van der Waals surface area contributed by atoms with Gasteiger partial charge in [-0.3, -0.25) is 25.0 Å². The van der Waals surface area contributed by atoms with Crippen LogP contribution in [0.5, 0.6) is 0 Å². The van der Waals surface area contributed by atoms with Gasteiger partial charge in [0.05, 0.1) is 16.4 Å². The first-order chi connectivity index (χ1) is 16.0. The Bertz CT molecular complexity index is 941. The molecule has 34 heavy (non-hydrogen) atoms. The molecule has 2 aliphatic rings. The summed E-state index contributed by atoms with van der Waals surface area (Å²) in [5.41, 5.74) is -1.74. The molecule has 0 radical (unpaired) electrons. The minimum absolute atomic E-state index is 0.0287. The van der Waals surface area contributed by atoms with Gasteiger partial charge in [-0.25, -0.2) is 4.79 Å². The van der Waals surface area contributed by atoms with Gasteiger partial charge in [0.2, 0.25) is 0 Å². The quantitative estimate of drug-likeness (QED) is 0.359. The molecule has 2 N–H and O–H groups in total. The molecule has 0 unspecified atom stereocenters. The highest BCUT2D eigenvalue weighted by Crippen LogP contribution is 2.37. The lowest BCUT2D eigenvalue weighted by atomic mass is 9.96. The number of esters is 1. The Morgan fingerprint density at radius 1 is 1.12 bits per heavy atom. The number of imide groups is 1. The molecule has 0 bridgehead atoms. The second-order valence-corrected chi connectivity index (χ2v) is 8.33. The van der Waals surface area contributed by atoms with Gasteiger partial charge in [0, 0.05) is 25.2 Å². The van der Waals surface area contributed by atoms with Gasteiger partial charge in [-0.05, 0) is 37.8 Å². The molecule has 1 aromatic rings. The number of amides is 3. The van der Waals surface area contributed by atoms with Crippen molar-refractivity contribution >= 4 is 29.3 Å². The highest BCUT2D eigenvalue weighted by Gasteiger charge is 2.35. The number of nitro benzene ring substituents is 1. The van der Waals surface area contributed by atoms with Crippen LogP contribution in [-0.4, -0.2) is 48.6 Å². The number of piperidine rings is 1. The largest absolute Gasteiger partial charge is 0.455 e. The van der Waals surface area contributed by atoms with Crippen LogP contribution in [0.25, 0.3) is 0 Å². The van der Waals surface area contributed by atoms with E-state index in [0.29, 0.717) is 6.07 Å². The Morgan fingerprint density at radius 3 is 2.35 bits per heavy atom. The van der Waals surface area contributed by atoms with E-state index in [1.807, 2.05) is 0 Å². The number of hydrogen-bond acceptors (Lipinski definition) is 7. The van der Waals surface area contributed by atoms with Crippen molar-refractivity contribution in [2.24, 2.45) is 5.92 Å². The van der Waals surface area contributed by atoms with E-state index in [4.69, 9.17) is 4.74 Å². The molecule has 1 aliphatic heterocycles. The average molecular weight is 486 g/mol. The minimum atomic E-state index is -4.70. The molecule has 1 saturated heterocycles. The van der Waals surface area contributed by atoms with E-state index in [1.54, 1.807) is 4.90 Å². The van der Waals surface area contributed by atoms with Gasteiger partial charge in [-0.15, -0.1) is 0 Å². The fourth-order valence-corrected chi connectivity index (χ4v) is 4.18. The lowest BCUT2D eigenvalue weighted by Crippen LogP contribution is -2.45. The molecule has 186 valence electrons. The standard InChI is InChI=1S/C21H25F3N4O6/c22-21(23,24)14-5-6-16(17(11-14)28(32)33)27-9-7-13(8-10-27)19(30)34-12-18(29)26-20(31)25-15-3-1-2-4-15/h5-6,11,13,15H,1-4,7-10,12H2,(H2,25,26,29,31). The zero-order valence-corrected chi connectivity index (χ0v) is 18.2. The van der Waals surface area contributed by atoms with Crippen molar-refractivity contribution in [3.63, 3.8) is 0 Å². The summed E-state index contributed by atoms with van der Waals surface area (Å²) < 4.78 is 43.7. The van der Waals surface area contributed by atoms with E-state index in [-0.39, 0.29) is 37.7 Å². The highest BCUT2D eigenvalue weighted by atomic mass is 19.4. The van der Waals surface area contributed by atoms with Crippen molar-refractivity contribution in [2.45, 2.75) is 50.7 Å². The summed E-state index contributed by atoms with van der Waals surface area (Å²) in [5, 5.41) is 16.1. The van der Waals surface area contributed by atoms with Gasteiger partial charge in [0.15, 0.2) is 6.61 Å². The Balaban J connectivity index is 1.48. The molecule has 3 amide bonds. The van der Waals surface area contributed by atoms with Gasteiger partial charge in [-0.2, -0.15) is 13.2 Å². The maximum Gasteiger partial charge on any atom is 0.416 e. The first-order valence-electron chi connectivity index (χ1n) is 10.9. The summed E-state index contributed by atoms with van der Waals surface area (Å²) in [6, 6.07) is 1.72. The first-order valence-corrected chi connectivity index (χ1v) is 10.9. The Morgan fingerprint density at radius 2 is 1.76 bits per heavy atom. The molecule has 0 atom stereocenters. The molecule has 1 saturated carbocycles. The molecule has 1 aromatic carbocycles. The number of alkyl halides is 3. The number of carbonyl (C=O) groups excluding carboxylic acids is 3. The molecule has 0 spiro atoms. The number of nitrogens with zero attached hydrogens (tertiary/aromatic N) is 2. The molecule has 2 fully saturated rings. The smallest absolute Gasteiger partial charge is 0.416 e.